The van der Waals surface area contributed by atoms with Crippen molar-refractivity contribution in [3.8, 4) is 11.1 Å². The lowest BCUT2D eigenvalue weighted by Gasteiger charge is -2.14. The Morgan fingerprint density at radius 2 is 1.92 bits per heavy atom. The number of primary amides is 1. The summed E-state index contributed by atoms with van der Waals surface area (Å²) in [6.07, 6.45) is 2.93. The van der Waals surface area contributed by atoms with Crippen molar-refractivity contribution in [2.45, 2.75) is 12.5 Å². The molecular formula is C17H14ClFN4O. The van der Waals surface area contributed by atoms with Crippen LogP contribution in [-0.2, 0) is 11.3 Å². The molecule has 0 aliphatic heterocycles. The van der Waals surface area contributed by atoms with Gasteiger partial charge < -0.3 is 5.73 Å². The van der Waals surface area contributed by atoms with Crippen LogP contribution in [0.5, 0.6) is 0 Å². The zero-order valence-corrected chi connectivity index (χ0v) is 13.3. The van der Waals surface area contributed by atoms with Gasteiger partial charge in [-0.2, -0.15) is 5.10 Å². The fourth-order valence-electron chi connectivity index (χ4n) is 2.46. The Labute approximate surface area is 142 Å². The van der Waals surface area contributed by atoms with Crippen LogP contribution in [0.15, 0.2) is 55.1 Å². The summed E-state index contributed by atoms with van der Waals surface area (Å²) in [6, 6.07) is 11.9. The van der Waals surface area contributed by atoms with Crippen molar-refractivity contribution in [3.63, 3.8) is 0 Å². The van der Waals surface area contributed by atoms with Gasteiger partial charge in [0.1, 0.15) is 18.5 Å². The van der Waals surface area contributed by atoms with Gasteiger partial charge in [0, 0.05) is 0 Å². The molecule has 5 nitrogen and oxygen atoms in total. The molecule has 1 atom stereocenters. The van der Waals surface area contributed by atoms with Crippen molar-refractivity contribution in [2.75, 3.05) is 0 Å². The number of carbonyl (C=O) groups is 1. The smallest absolute Gasteiger partial charge is 0.226 e. The highest BCUT2D eigenvalue weighted by atomic mass is 35.5. The maximum Gasteiger partial charge on any atom is 0.226 e. The first-order valence-corrected chi connectivity index (χ1v) is 7.59. The van der Waals surface area contributed by atoms with Crippen LogP contribution in [-0.4, -0.2) is 20.7 Å². The van der Waals surface area contributed by atoms with E-state index in [1.165, 1.54) is 18.7 Å². The van der Waals surface area contributed by atoms with E-state index < -0.39 is 17.6 Å². The summed E-state index contributed by atoms with van der Waals surface area (Å²) < 4.78 is 14.8. The van der Waals surface area contributed by atoms with Crippen molar-refractivity contribution in [1.82, 2.24) is 14.8 Å². The molecule has 2 aromatic carbocycles. The van der Waals surface area contributed by atoms with Crippen molar-refractivity contribution in [2.24, 2.45) is 5.73 Å². The van der Waals surface area contributed by atoms with Gasteiger partial charge in [-0.3, -0.25) is 9.48 Å². The molecule has 0 aliphatic rings. The summed E-state index contributed by atoms with van der Waals surface area (Å²) in [4.78, 5) is 15.6. The molecule has 3 aromatic rings. The van der Waals surface area contributed by atoms with E-state index in [1.54, 1.807) is 16.8 Å². The van der Waals surface area contributed by atoms with Crippen LogP contribution in [0, 0.1) is 5.82 Å². The molecule has 0 saturated carbocycles. The first-order chi connectivity index (χ1) is 11.5. The van der Waals surface area contributed by atoms with Gasteiger partial charge in [0.15, 0.2) is 0 Å². The monoisotopic (exact) mass is 344 g/mol. The first kappa shape index (κ1) is 16.1. The third-order valence-corrected chi connectivity index (χ3v) is 4.04. The zero-order chi connectivity index (χ0) is 17.1. The minimum atomic E-state index is -0.516. The summed E-state index contributed by atoms with van der Waals surface area (Å²) in [5.41, 5.74) is 7.94. The molecule has 122 valence electrons. The zero-order valence-electron chi connectivity index (χ0n) is 12.6. The number of amides is 1. The number of rotatable bonds is 5. The highest BCUT2D eigenvalue weighted by Gasteiger charge is 2.19. The second-order valence-corrected chi connectivity index (χ2v) is 5.73. The standard InChI is InChI=1S/C17H14ClFN4O/c18-15-7-13(5-6-16(15)19)11-1-3-12(4-2-11)14(17(20)24)8-23-10-21-9-22-23/h1-7,9-10,14H,8H2,(H2,20,24). The van der Waals surface area contributed by atoms with E-state index in [0.717, 1.165) is 16.7 Å². The summed E-state index contributed by atoms with van der Waals surface area (Å²) in [5, 5.41) is 4.06. The maximum atomic E-state index is 13.3. The topological polar surface area (TPSA) is 73.8 Å². The van der Waals surface area contributed by atoms with Gasteiger partial charge in [-0.1, -0.05) is 41.9 Å². The quantitative estimate of drug-likeness (QED) is 0.773. The van der Waals surface area contributed by atoms with Crippen LogP contribution in [0.3, 0.4) is 0 Å². The SMILES string of the molecule is NC(=O)C(Cn1cncn1)c1ccc(-c2ccc(F)c(Cl)c2)cc1. The number of benzene rings is 2. The Morgan fingerprint density at radius 1 is 1.21 bits per heavy atom. The lowest BCUT2D eigenvalue weighted by atomic mass is 9.95. The molecule has 1 unspecified atom stereocenters. The average Bonchev–Trinajstić information content (AvgIpc) is 3.08. The molecule has 1 amide bonds. The molecule has 0 bridgehead atoms. The van der Waals surface area contributed by atoms with E-state index in [1.807, 2.05) is 24.3 Å². The van der Waals surface area contributed by atoms with Crippen LogP contribution >= 0.6 is 11.6 Å². The van der Waals surface area contributed by atoms with Crippen LogP contribution in [0.25, 0.3) is 11.1 Å². The number of halogens is 2. The average molecular weight is 345 g/mol. The first-order valence-electron chi connectivity index (χ1n) is 7.21. The Morgan fingerprint density at radius 3 is 2.50 bits per heavy atom. The molecule has 1 aromatic heterocycles. The molecule has 1 heterocycles. The van der Waals surface area contributed by atoms with Crippen molar-refractivity contribution < 1.29 is 9.18 Å². The maximum absolute atomic E-state index is 13.3. The summed E-state index contributed by atoms with van der Waals surface area (Å²) in [6.45, 7) is 0.317. The van der Waals surface area contributed by atoms with Gasteiger partial charge in [-0.25, -0.2) is 9.37 Å². The molecule has 0 saturated heterocycles. The Kier molecular flexibility index (Phi) is 4.57. The minimum Gasteiger partial charge on any atom is -0.369 e. The third kappa shape index (κ3) is 3.44. The number of hydrogen-bond acceptors (Lipinski definition) is 3. The van der Waals surface area contributed by atoms with Gasteiger partial charge in [0.25, 0.3) is 0 Å². The molecule has 0 spiro atoms. The molecule has 7 heteroatoms. The van der Waals surface area contributed by atoms with Crippen LogP contribution < -0.4 is 5.73 Å². The van der Waals surface area contributed by atoms with E-state index in [-0.39, 0.29) is 5.02 Å². The molecule has 3 rings (SSSR count). The van der Waals surface area contributed by atoms with E-state index in [4.69, 9.17) is 17.3 Å². The third-order valence-electron chi connectivity index (χ3n) is 3.75. The fraction of sp³-hybridized carbons (Fsp3) is 0.118. The van der Waals surface area contributed by atoms with E-state index in [2.05, 4.69) is 10.1 Å². The predicted molar refractivity (Wildman–Crippen MR) is 88.8 cm³/mol. The highest BCUT2D eigenvalue weighted by molar-refractivity contribution is 6.31. The van der Waals surface area contributed by atoms with Crippen molar-refractivity contribution in [3.05, 3.63) is 71.5 Å². The normalized spacial score (nSPS) is 12.1. The molecule has 0 aliphatic carbocycles. The van der Waals surface area contributed by atoms with Gasteiger partial charge in [-0.15, -0.1) is 0 Å². The van der Waals surface area contributed by atoms with Crippen LogP contribution in [0.4, 0.5) is 4.39 Å². The second-order valence-electron chi connectivity index (χ2n) is 5.32. The van der Waals surface area contributed by atoms with Crippen molar-refractivity contribution >= 4 is 17.5 Å². The minimum absolute atomic E-state index is 0.0674. The Hall–Kier alpha value is -2.73. The molecule has 0 fully saturated rings. The number of nitrogens with two attached hydrogens (primary N) is 1. The summed E-state index contributed by atoms with van der Waals surface area (Å²) >= 11 is 5.81. The van der Waals surface area contributed by atoms with Crippen LogP contribution in [0.2, 0.25) is 5.02 Å². The summed E-state index contributed by atoms with van der Waals surface area (Å²) in [5.74, 6) is -1.42. The molecule has 0 radical (unpaired) electrons. The highest BCUT2D eigenvalue weighted by Crippen LogP contribution is 2.27. The number of aromatic nitrogens is 3. The molecule has 24 heavy (non-hydrogen) atoms. The Bertz CT molecular complexity index is 850. The number of hydrogen-bond donors (Lipinski definition) is 1. The fourth-order valence-corrected chi connectivity index (χ4v) is 2.64. The van der Waals surface area contributed by atoms with E-state index in [9.17, 15) is 9.18 Å². The van der Waals surface area contributed by atoms with Gasteiger partial charge in [-0.05, 0) is 28.8 Å². The number of nitrogens with zero attached hydrogens (tertiary/aromatic N) is 3. The largest absolute Gasteiger partial charge is 0.369 e. The van der Waals surface area contributed by atoms with Crippen molar-refractivity contribution in [1.29, 1.82) is 0 Å². The second kappa shape index (κ2) is 6.80. The lowest BCUT2D eigenvalue weighted by molar-refractivity contribution is -0.119. The predicted octanol–water partition coefficient (Wildman–Crippen LogP) is 3.01. The number of carbonyl (C=O) groups excluding carboxylic acids is 1. The van der Waals surface area contributed by atoms with Gasteiger partial charge in [0.05, 0.1) is 17.5 Å². The van der Waals surface area contributed by atoms with E-state index in [0.29, 0.717) is 6.54 Å². The molecular weight excluding hydrogens is 331 g/mol. The van der Waals surface area contributed by atoms with Crippen LogP contribution in [0.1, 0.15) is 11.5 Å². The van der Waals surface area contributed by atoms with E-state index >= 15 is 0 Å². The van der Waals surface area contributed by atoms with Gasteiger partial charge in [0.2, 0.25) is 5.91 Å². The molecule has 2 N–H and O–H groups in total. The summed E-state index contributed by atoms with van der Waals surface area (Å²) in [7, 11) is 0. The Balaban J connectivity index is 1.86. The van der Waals surface area contributed by atoms with Gasteiger partial charge >= 0.3 is 0 Å². The lowest BCUT2D eigenvalue weighted by Crippen LogP contribution is -2.25.